The van der Waals surface area contributed by atoms with Gasteiger partial charge < -0.3 is 5.32 Å². The maximum absolute atomic E-state index is 12.4. The van der Waals surface area contributed by atoms with Crippen molar-refractivity contribution in [2.75, 3.05) is 6.54 Å². The first-order valence-electron chi connectivity index (χ1n) is 7.06. The van der Waals surface area contributed by atoms with Crippen LogP contribution in [-0.4, -0.2) is 17.9 Å². The Labute approximate surface area is 109 Å². The molecule has 1 heterocycles. The molecule has 96 valence electrons. The lowest BCUT2D eigenvalue weighted by molar-refractivity contribution is -0.123. The summed E-state index contributed by atoms with van der Waals surface area (Å²) in [5.74, 6) is 0.345. The summed E-state index contributed by atoms with van der Waals surface area (Å²) in [6, 6.07) is 6.61. The second kappa shape index (κ2) is 4.51. The highest BCUT2D eigenvalue weighted by Crippen LogP contribution is 2.25. The molecule has 1 atom stereocenters. The third-order valence-electron chi connectivity index (χ3n) is 4.51. The molecule has 1 aliphatic heterocycles. The van der Waals surface area contributed by atoms with Crippen molar-refractivity contribution >= 4 is 5.78 Å². The highest BCUT2D eigenvalue weighted by atomic mass is 16.1. The van der Waals surface area contributed by atoms with Crippen molar-refractivity contribution in [2.45, 2.75) is 51.0 Å². The van der Waals surface area contributed by atoms with Crippen LogP contribution in [0.3, 0.4) is 0 Å². The molecule has 1 unspecified atom stereocenters. The van der Waals surface area contributed by atoms with Crippen molar-refractivity contribution in [3.63, 3.8) is 0 Å². The molecule has 0 aromatic heterocycles. The molecule has 1 aromatic carbocycles. The SMILES string of the molecule is CC1(C(=O)Cc2ccc3c(c2)CCC3)CCCN1. The van der Waals surface area contributed by atoms with Gasteiger partial charge in [-0.2, -0.15) is 0 Å². The predicted molar refractivity (Wildman–Crippen MR) is 72.8 cm³/mol. The maximum atomic E-state index is 12.4. The number of nitrogens with one attached hydrogen (secondary N) is 1. The van der Waals surface area contributed by atoms with Crippen LogP contribution in [0.4, 0.5) is 0 Å². The van der Waals surface area contributed by atoms with Crippen molar-refractivity contribution in [1.82, 2.24) is 5.32 Å². The van der Waals surface area contributed by atoms with Crippen molar-refractivity contribution in [3.8, 4) is 0 Å². The molecular formula is C16H21NO. The summed E-state index contributed by atoms with van der Waals surface area (Å²) in [7, 11) is 0. The molecule has 2 heteroatoms. The summed E-state index contributed by atoms with van der Waals surface area (Å²) >= 11 is 0. The lowest BCUT2D eigenvalue weighted by Gasteiger charge is -2.22. The minimum Gasteiger partial charge on any atom is -0.305 e. The molecule has 0 saturated carbocycles. The van der Waals surface area contributed by atoms with E-state index in [0.29, 0.717) is 12.2 Å². The van der Waals surface area contributed by atoms with Crippen molar-refractivity contribution < 1.29 is 4.79 Å². The molecule has 2 nitrogen and oxygen atoms in total. The van der Waals surface area contributed by atoms with E-state index in [-0.39, 0.29) is 5.54 Å². The van der Waals surface area contributed by atoms with Crippen molar-refractivity contribution in [2.24, 2.45) is 0 Å². The summed E-state index contributed by atoms with van der Waals surface area (Å²) in [6.45, 7) is 3.03. The van der Waals surface area contributed by atoms with Gasteiger partial charge in [-0.25, -0.2) is 0 Å². The van der Waals surface area contributed by atoms with Crippen molar-refractivity contribution in [3.05, 3.63) is 34.9 Å². The molecule has 0 bridgehead atoms. The van der Waals surface area contributed by atoms with Crippen LogP contribution in [0, 0.1) is 0 Å². The van der Waals surface area contributed by atoms with Crippen LogP contribution in [0.2, 0.25) is 0 Å². The van der Waals surface area contributed by atoms with E-state index in [2.05, 4.69) is 30.4 Å². The minimum absolute atomic E-state index is 0.279. The third kappa shape index (κ3) is 2.10. The van der Waals surface area contributed by atoms with Gasteiger partial charge in [-0.3, -0.25) is 4.79 Å². The second-order valence-electron chi connectivity index (χ2n) is 5.92. The monoisotopic (exact) mass is 243 g/mol. The number of benzene rings is 1. The van der Waals surface area contributed by atoms with Gasteiger partial charge in [0, 0.05) is 6.42 Å². The predicted octanol–water partition coefficient (Wildman–Crippen LogP) is 2.43. The Bertz CT molecular complexity index is 472. The number of fused-ring (bicyclic) bond motifs is 1. The minimum atomic E-state index is -0.279. The second-order valence-corrected chi connectivity index (χ2v) is 5.92. The fraction of sp³-hybridized carbons (Fsp3) is 0.562. The third-order valence-corrected chi connectivity index (χ3v) is 4.51. The zero-order chi connectivity index (χ0) is 12.6. The van der Waals surface area contributed by atoms with Crippen LogP contribution in [0.1, 0.15) is 42.9 Å². The highest BCUT2D eigenvalue weighted by Gasteiger charge is 2.35. The molecule has 1 aromatic rings. The molecule has 2 aliphatic rings. The lowest BCUT2D eigenvalue weighted by atomic mass is 9.89. The first-order valence-corrected chi connectivity index (χ1v) is 7.06. The zero-order valence-corrected chi connectivity index (χ0v) is 11.1. The van der Waals surface area contributed by atoms with E-state index in [1.54, 1.807) is 0 Å². The highest BCUT2D eigenvalue weighted by molar-refractivity contribution is 5.90. The number of ketones is 1. The smallest absolute Gasteiger partial charge is 0.156 e. The van der Waals surface area contributed by atoms with Crippen LogP contribution < -0.4 is 5.32 Å². The Morgan fingerprint density at radius 1 is 1.28 bits per heavy atom. The van der Waals surface area contributed by atoms with E-state index in [0.717, 1.165) is 19.4 Å². The molecular weight excluding hydrogens is 222 g/mol. The molecule has 1 N–H and O–H groups in total. The molecule has 3 rings (SSSR count). The molecule has 0 amide bonds. The van der Waals surface area contributed by atoms with Gasteiger partial charge in [0.05, 0.1) is 5.54 Å². The largest absolute Gasteiger partial charge is 0.305 e. The first kappa shape index (κ1) is 11.9. The topological polar surface area (TPSA) is 29.1 Å². The Kier molecular flexibility index (Phi) is 2.98. The lowest BCUT2D eigenvalue weighted by Crippen LogP contribution is -2.45. The number of aryl methyl sites for hydroxylation is 2. The Balaban J connectivity index is 1.74. The van der Waals surface area contributed by atoms with Gasteiger partial charge in [0.1, 0.15) is 0 Å². The fourth-order valence-corrected chi connectivity index (χ4v) is 3.25. The molecule has 1 saturated heterocycles. The summed E-state index contributed by atoms with van der Waals surface area (Å²) in [4.78, 5) is 12.4. The van der Waals surface area contributed by atoms with Gasteiger partial charge in [0.15, 0.2) is 5.78 Å². The number of Topliss-reactive ketones (excluding diaryl/α,β-unsaturated/α-hetero) is 1. The number of hydrogen-bond donors (Lipinski definition) is 1. The number of carbonyl (C=O) groups is 1. The molecule has 1 fully saturated rings. The van der Waals surface area contributed by atoms with E-state index in [4.69, 9.17) is 0 Å². The van der Waals surface area contributed by atoms with Crippen LogP contribution in [0.5, 0.6) is 0 Å². The van der Waals surface area contributed by atoms with Crippen LogP contribution in [0.25, 0.3) is 0 Å². The van der Waals surface area contributed by atoms with Gasteiger partial charge in [0.2, 0.25) is 0 Å². The van der Waals surface area contributed by atoms with Crippen LogP contribution in [0.15, 0.2) is 18.2 Å². The Hall–Kier alpha value is -1.15. The summed E-state index contributed by atoms with van der Waals surface area (Å²) in [5.41, 5.74) is 3.86. The molecule has 18 heavy (non-hydrogen) atoms. The standard InChI is InChI=1S/C16H21NO/c1-16(8-3-9-17-16)15(18)11-12-6-7-13-4-2-5-14(13)10-12/h6-7,10,17H,2-5,8-9,11H2,1H3. The van der Waals surface area contributed by atoms with Gasteiger partial charge in [0.25, 0.3) is 0 Å². The quantitative estimate of drug-likeness (QED) is 0.883. The van der Waals surface area contributed by atoms with Gasteiger partial charge in [-0.1, -0.05) is 18.2 Å². The summed E-state index contributed by atoms with van der Waals surface area (Å²) in [5, 5.41) is 3.36. The molecule has 0 radical (unpaired) electrons. The first-order chi connectivity index (χ1) is 8.67. The Morgan fingerprint density at radius 2 is 2.11 bits per heavy atom. The van der Waals surface area contributed by atoms with E-state index >= 15 is 0 Å². The fourth-order valence-electron chi connectivity index (χ4n) is 3.25. The van der Waals surface area contributed by atoms with Crippen LogP contribution >= 0.6 is 0 Å². The zero-order valence-electron chi connectivity index (χ0n) is 11.1. The summed E-state index contributed by atoms with van der Waals surface area (Å²) < 4.78 is 0. The molecule has 1 aliphatic carbocycles. The number of hydrogen-bond acceptors (Lipinski definition) is 2. The number of carbonyl (C=O) groups excluding carboxylic acids is 1. The van der Waals surface area contributed by atoms with Gasteiger partial charge in [-0.15, -0.1) is 0 Å². The van der Waals surface area contributed by atoms with E-state index in [1.807, 2.05) is 0 Å². The average Bonchev–Trinajstić information content (AvgIpc) is 2.98. The van der Waals surface area contributed by atoms with Gasteiger partial charge in [-0.05, 0) is 62.3 Å². The van der Waals surface area contributed by atoms with E-state index in [1.165, 1.54) is 36.0 Å². The van der Waals surface area contributed by atoms with E-state index in [9.17, 15) is 4.79 Å². The van der Waals surface area contributed by atoms with Gasteiger partial charge >= 0.3 is 0 Å². The average molecular weight is 243 g/mol. The normalized spacial score (nSPS) is 26.3. The maximum Gasteiger partial charge on any atom is 0.156 e. The number of rotatable bonds is 3. The Morgan fingerprint density at radius 3 is 2.89 bits per heavy atom. The van der Waals surface area contributed by atoms with Crippen LogP contribution in [-0.2, 0) is 24.1 Å². The summed E-state index contributed by atoms with van der Waals surface area (Å²) in [6.07, 6.45) is 6.35. The van der Waals surface area contributed by atoms with E-state index < -0.39 is 0 Å². The molecule has 0 spiro atoms. The van der Waals surface area contributed by atoms with Crippen molar-refractivity contribution in [1.29, 1.82) is 0 Å².